The number of methoxy groups -OCH3 is 1. The number of hydrazine groups is 1. The van der Waals surface area contributed by atoms with Crippen molar-refractivity contribution in [1.29, 1.82) is 0 Å². The molecule has 19 heavy (non-hydrogen) atoms. The summed E-state index contributed by atoms with van der Waals surface area (Å²) in [4.78, 5) is 8.08. The standard InChI is InChI=1S/C13H15FN4O/c1-8-3-4-9(14)5-10(8)13(18-15)11-6-12(19-2)17-7-16-11/h3-7,13,18H,15H2,1-2H3. The van der Waals surface area contributed by atoms with E-state index in [1.54, 1.807) is 12.1 Å². The van der Waals surface area contributed by atoms with Gasteiger partial charge in [-0.2, -0.15) is 0 Å². The lowest BCUT2D eigenvalue weighted by molar-refractivity contribution is 0.395. The SMILES string of the molecule is COc1cc(C(NN)c2cc(F)ccc2C)ncn1. The molecule has 0 aliphatic rings. The van der Waals surface area contributed by atoms with Crippen molar-refractivity contribution in [3.05, 3.63) is 53.2 Å². The molecule has 1 unspecified atom stereocenters. The molecule has 0 fully saturated rings. The van der Waals surface area contributed by atoms with Gasteiger partial charge < -0.3 is 4.74 Å². The second-order valence-electron chi connectivity index (χ2n) is 4.09. The summed E-state index contributed by atoms with van der Waals surface area (Å²) in [5.74, 6) is 5.69. The van der Waals surface area contributed by atoms with E-state index in [-0.39, 0.29) is 5.82 Å². The Morgan fingerprint density at radius 1 is 1.32 bits per heavy atom. The molecule has 2 rings (SSSR count). The van der Waals surface area contributed by atoms with Crippen molar-refractivity contribution >= 4 is 0 Å². The van der Waals surface area contributed by atoms with Crippen LogP contribution in [-0.4, -0.2) is 17.1 Å². The first-order valence-corrected chi connectivity index (χ1v) is 5.74. The molecular formula is C13H15FN4O. The first-order valence-electron chi connectivity index (χ1n) is 5.74. The van der Waals surface area contributed by atoms with Gasteiger partial charge in [-0.3, -0.25) is 5.84 Å². The Labute approximate surface area is 110 Å². The van der Waals surface area contributed by atoms with Gasteiger partial charge in [0.1, 0.15) is 12.1 Å². The first-order chi connectivity index (χ1) is 9.15. The molecule has 1 atom stereocenters. The lowest BCUT2D eigenvalue weighted by Gasteiger charge is -2.18. The number of ether oxygens (including phenoxy) is 1. The third kappa shape index (κ3) is 2.86. The highest BCUT2D eigenvalue weighted by Gasteiger charge is 2.17. The number of aromatic nitrogens is 2. The molecule has 1 aromatic carbocycles. The molecule has 0 spiro atoms. The maximum Gasteiger partial charge on any atom is 0.216 e. The maximum absolute atomic E-state index is 13.4. The number of nitrogens with two attached hydrogens (primary N) is 1. The van der Waals surface area contributed by atoms with Crippen LogP contribution in [0.25, 0.3) is 0 Å². The summed E-state index contributed by atoms with van der Waals surface area (Å²) in [6.07, 6.45) is 1.38. The highest BCUT2D eigenvalue weighted by molar-refractivity contribution is 5.35. The van der Waals surface area contributed by atoms with E-state index < -0.39 is 6.04 Å². The molecule has 0 aliphatic heterocycles. The second-order valence-corrected chi connectivity index (χ2v) is 4.09. The summed E-state index contributed by atoms with van der Waals surface area (Å²) in [5.41, 5.74) is 4.90. The molecular weight excluding hydrogens is 247 g/mol. The predicted octanol–water partition coefficient (Wildman–Crippen LogP) is 1.49. The van der Waals surface area contributed by atoms with Crippen LogP contribution in [0.5, 0.6) is 5.88 Å². The molecule has 0 amide bonds. The molecule has 0 bridgehead atoms. The van der Waals surface area contributed by atoms with Crippen molar-refractivity contribution in [3.8, 4) is 5.88 Å². The Kier molecular flexibility index (Phi) is 4.03. The van der Waals surface area contributed by atoms with Gasteiger partial charge in [-0.25, -0.2) is 19.8 Å². The molecule has 100 valence electrons. The first kappa shape index (κ1) is 13.4. The van der Waals surface area contributed by atoms with Crippen molar-refractivity contribution < 1.29 is 9.13 Å². The van der Waals surface area contributed by atoms with Crippen molar-refractivity contribution in [2.24, 2.45) is 5.84 Å². The minimum absolute atomic E-state index is 0.318. The van der Waals surface area contributed by atoms with Crippen molar-refractivity contribution in [2.75, 3.05) is 7.11 Å². The fourth-order valence-corrected chi connectivity index (χ4v) is 1.88. The van der Waals surface area contributed by atoms with Crippen LogP contribution in [0.4, 0.5) is 4.39 Å². The Morgan fingerprint density at radius 2 is 2.11 bits per heavy atom. The van der Waals surface area contributed by atoms with Crippen LogP contribution in [0, 0.1) is 12.7 Å². The van der Waals surface area contributed by atoms with Crippen LogP contribution in [0.15, 0.2) is 30.6 Å². The average molecular weight is 262 g/mol. The highest BCUT2D eigenvalue weighted by atomic mass is 19.1. The van der Waals surface area contributed by atoms with Crippen LogP contribution in [-0.2, 0) is 0 Å². The van der Waals surface area contributed by atoms with E-state index in [9.17, 15) is 4.39 Å². The van der Waals surface area contributed by atoms with Crippen molar-refractivity contribution in [3.63, 3.8) is 0 Å². The quantitative estimate of drug-likeness (QED) is 0.645. The van der Waals surface area contributed by atoms with E-state index in [0.29, 0.717) is 11.6 Å². The lowest BCUT2D eigenvalue weighted by Crippen LogP contribution is -2.30. The Bertz CT molecular complexity index is 576. The second kappa shape index (κ2) is 5.73. The normalized spacial score (nSPS) is 12.2. The van der Waals surface area contributed by atoms with Crippen LogP contribution < -0.4 is 16.0 Å². The van der Waals surface area contributed by atoms with Gasteiger partial charge >= 0.3 is 0 Å². The number of nitrogens with one attached hydrogen (secondary N) is 1. The Balaban J connectivity index is 2.46. The van der Waals surface area contributed by atoms with Gasteiger partial charge in [0.05, 0.1) is 18.8 Å². The minimum Gasteiger partial charge on any atom is -0.481 e. The van der Waals surface area contributed by atoms with E-state index in [1.165, 1.54) is 25.6 Å². The summed E-state index contributed by atoms with van der Waals surface area (Å²) in [5, 5.41) is 0. The van der Waals surface area contributed by atoms with Crippen molar-refractivity contribution in [1.82, 2.24) is 15.4 Å². The van der Waals surface area contributed by atoms with Crippen molar-refractivity contribution in [2.45, 2.75) is 13.0 Å². The largest absolute Gasteiger partial charge is 0.481 e. The molecule has 1 aromatic heterocycles. The molecule has 1 heterocycles. The van der Waals surface area contributed by atoms with Gasteiger partial charge in [0.25, 0.3) is 0 Å². The number of hydrogen-bond acceptors (Lipinski definition) is 5. The fraction of sp³-hybridized carbons (Fsp3) is 0.231. The molecule has 6 heteroatoms. The summed E-state index contributed by atoms with van der Waals surface area (Å²) in [6, 6.07) is 5.79. The zero-order chi connectivity index (χ0) is 13.8. The van der Waals surface area contributed by atoms with Crippen LogP contribution in [0.3, 0.4) is 0 Å². The van der Waals surface area contributed by atoms with Gasteiger partial charge in [0.2, 0.25) is 5.88 Å². The van der Waals surface area contributed by atoms with Crippen LogP contribution in [0.2, 0.25) is 0 Å². The maximum atomic E-state index is 13.4. The average Bonchev–Trinajstić information content (AvgIpc) is 2.44. The predicted molar refractivity (Wildman–Crippen MR) is 68.9 cm³/mol. The van der Waals surface area contributed by atoms with E-state index >= 15 is 0 Å². The molecule has 5 nitrogen and oxygen atoms in total. The fourth-order valence-electron chi connectivity index (χ4n) is 1.88. The number of benzene rings is 1. The summed E-state index contributed by atoms with van der Waals surface area (Å²) in [6.45, 7) is 1.89. The smallest absolute Gasteiger partial charge is 0.216 e. The topological polar surface area (TPSA) is 73.1 Å². The molecule has 2 aromatic rings. The van der Waals surface area contributed by atoms with Gasteiger partial charge in [0, 0.05) is 6.07 Å². The zero-order valence-corrected chi connectivity index (χ0v) is 10.7. The van der Waals surface area contributed by atoms with Gasteiger partial charge in [-0.15, -0.1) is 0 Å². The zero-order valence-electron chi connectivity index (χ0n) is 10.7. The number of hydrogen-bond donors (Lipinski definition) is 2. The number of rotatable bonds is 4. The summed E-state index contributed by atoms with van der Waals surface area (Å²) < 4.78 is 18.4. The van der Waals surface area contributed by atoms with Gasteiger partial charge in [-0.1, -0.05) is 6.07 Å². The summed E-state index contributed by atoms with van der Waals surface area (Å²) in [7, 11) is 1.52. The molecule has 0 aliphatic carbocycles. The minimum atomic E-state index is -0.424. The number of halogens is 1. The van der Waals surface area contributed by atoms with Crippen LogP contribution >= 0.6 is 0 Å². The Morgan fingerprint density at radius 3 is 2.79 bits per heavy atom. The molecule has 0 saturated carbocycles. The third-order valence-corrected chi connectivity index (χ3v) is 2.89. The van der Waals surface area contributed by atoms with E-state index in [4.69, 9.17) is 10.6 Å². The molecule has 0 radical (unpaired) electrons. The van der Waals surface area contributed by atoms with E-state index in [0.717, 1.165) is 11.1 Å². The number of aryl methyl sites for hydroxylation is 1. The van der Waals surface area contributed by atoms with Gasteiger partial charge in [-0.05, 0) is 30.2 Å². The van der Waals surface area contributed by atoms with E-state index in [1.807, 2.05) is 6.92 Å². The summed E-state index contributed by atoms with van der Waals surface area (Å²) >= 11 is 0. The third-order valence-electron chi connectivity index (χ3n) is 2.89. The highest BCUT2D eigenvalue weighted by Crippen LogP contribution is 2.24. The number of nitrogens with zero attached hydrogens (tertiary/aromatic N) is 2. The molecule has 3 N–H and O–H groups in total. The van der Waals surface area contributed by atoms with E-state index in [2.05, 4.69) is 15.4 Å². The van der Waals surface area contributed by atoms with Gasteiger partial charge in [0.15, 0.2) is 0 Å². The molecule has 0 saturated heterocycles. The Hall–Kier alpha value is -2.05. The lowest BCUT2D eigenvalue weighted by atomic mass is 9.99. The monoisotopic (exact) mass is 262 g/mol. The van der Waals surface area contributed by atoms with Crippen LogP contribution in [0.1, 0.15) is 22.9 Å².